The van der Waals surface area contributed by atoms with E-state index in [1.807, 2.05) is 44.2 Å². The van der Waals surface area contributed by atoms with Crippen LogP contribution in [0.5, 0.6) is 0 Å². The van der Waals surface area contributed by atoms with Gasteiger partial charge in [0.05, 0.1) is 12.3 Å². The molecular weight excluding hydrogens is 214 g/mol. The lowest BCUT2D eigenvalue weighted by atomic mass is 10.1. The second kappa shape index (κ2) is 4.87. The number of furan rings is 1. The fourth-order valence-corrected chi connectivity index (χ4v) is 1.64. The zero-order valence-corrected chi connectivity index (χ0v) is 9.94. The summed E-state index contributed by atoms with van der Waals surface area (Å²) in [5, 5.41) is 2.89. The number of amides is 1. The molecule has 17 heavy (non-hydrogen) atoms. The Morgan fingerprint density at radius 2 is 2.00 bits per heavy atom. The van der Waals surface area contributed by atoms with Crippen LogP contribution in [0.3, 0.4) is 0 Å². The molecule has 0 saturated heterocycles. The minimum absolute atomic E-state index is 0.0332. The van der Waals surface area contributed by atoms with Crippen molar-refractivity contribution in [3.8, 4) is 0 Å². The van der Waals surface area contributed by atoms with Gasteiger partial charge < -0.3 is 9.73 Å². The molecule has 3 heteroatoms. The zero-order chi connectivity index (χ0) is 12.3. The highest BCUT2D eigenvalue weighted by Crippen LogP contribution is 2.13. The summed E-state index contributed by atoms with van der Waals surface area (Å²) in [6.07, 6.45) is 1.57. The van der Waals surface area contributed by atoms with E-state index in [0.717, 1.165) is 11.1 Å². The van der Waals surface area contributed by atoms with Gasteiger partial charge in [0.1, 0.15) is 0 Å². The fraction of sp³-hybridized carbons (Fsp3) is 0.214. The van der Waals surface area contributed by atoms with Crippen molar-refractivity contribution in [3.05, 3.63) is 59.5 Å². The van der Waals surface area contributed by atoms with Gasteiger partial charge in [0.25, 0.3) is 5.91 Å². The van der Waals surface area contributed by atoms with Crippen molar-refractivity contribution in [1.29, 1.82) is 0 Å². The normalized spacial score (nSPS) is 12.1. The highest BCUT2D eigenvalue weighted by atomic mass is 16.3. The van der Waals surface area contributed by atoms with Gasteiger partial charge >= 0.3 is 0 Å². The maximum Gasteiger partial charge on any atom is 0.287 e. The Balaban J connectivity index is 2.04. The van der Waals surface area contributed by atoms with Gasteiger partial charge in [-0.2, -0.15) is 0 Å². The van der Waals surface area contributed by atoms with Gasteiger partial charge in [-0.25, -0.2) is 0 Å². The number of benzene rings is 1. The van der Waals surface area contributed by atoms with Crippen molar-refractivity contribution in [2.75, 3.05) is 0 Å². The third-order valence-electron chi connectivity index (χ3n) is 2.60. The van der Waals surface area contributed by atoms with Crippen LogP contribution in [0.4, 0.5) is 0 Å². The molecule has 1 aromatic carbocycles. The molecule has 0 radical (unpaired) electrons. The first-order valence-electron chi connectivity index (χ1n) is 5.58. The molecule has 0 aliphatic carbocycles. The monoisotopic (exact) mass is 229 g/mol. The SMILES string of the molecule is Cc1coc(C(=O)NC(C)c2ccccc2)c1. The van der Waals surface area contributed by atoms with E-state index in [1.165, 1.54) is 0 Å². The Bertz CT molecular complexity index is 502. The summed E-state index contributed by atoms with van der Waals surface area (Å²) in [5.41, 5.74) is 2.02. The molecule has 2 rings (SSSR count). The van der Waals surface area contributed by atoms with Gasteiger partial charge in [0.2, 0.25) is 0 Å². The minimum Gasteiger partial charge on any atom is -0.459 e. The average Bonchev–Trinajstić information content (AvgIpc) is 2.77. The molecule has 0 aliphatic rings. The predicted octanol–water partition coefficient (Wildman–Crippen LogP) is 3.08. The predicted molar refractivity (Wildman–Crippen MR) is 65.8 cm³/mol. The molecule has 1 unspecified atom stereocenters. The molecule has 0 aliphatic heterocycles. The highest BCUT2D eigenvalue weighted by Gasteiger charge is 2.13. The molecule has 88 valence electrons. The van der Waals surface area contributed by atoms with Crippen LogP contribution in [-0.4, -0.2) is 5.91 Å². The van der Waals surface area contributed by atoms with Crippen LogP contribution in [0.2, 0.25) is 0 Å². The van der Waals surface area contributed by atoms with Crippen molar-refractivity contribution < 1.29 is 9.21 Å². The third kappa shape index (κ3) is 2.75. The van der Waals surface area contributed by atoms with E-state index >= 15 is 0 Å². The van der Waals surface area contributed by atoms with E-state index in [1.54, 1.807) is 12.3 Å². The summed E-state index contributed by atoms with van der Waals surface area (Å²) in [4.78, 5) is 11.8. The molecule has 0 saturated carbocycles. The smallest absolute Gasteiger partial charge is 0.287 e. The second-order valence-corrected chi connectivity index (χ2v) is 4.09. The van der Waals surface area contributed by atoms with Crippen molar-refractivity contribution in [2.45, 2.75) is 19.9 Å². The third-order valence-corrected chi connectivity index (χ3v) is 2.60. The maximum absolute atomic E-state index is 11.8. The van der Waals surface area contributed by atoms with E-state index in [2.05, 4.69) is 5.32 Å². The summed E-state index contributed by atoms with van der Waals surface area (Å²) in [5.74, 6) is 0.166. The Hall–Kier alpha value is -2.03. The standard InChI is InChI=1S/C14H15NO2/c1-10-8-13(17-9-10)14(16)15-11(2)12-6-4-3-5-7-12/h3-9,11H,1-2H3,(H,15,16). The van der Waals surface area contributed by atoms with Crippen molar-refractivity contribution in [3.63, 3.8) is 0 Å². The first-order chi connectivity index (χ1) is 8.16. The van der Waals surface area contributed by atoms with E-state index in [4.69, 9.17) is 4.42 Å². The summed E-state index contributed by atoms with van der Waals surface area (Å²) < 4.78 is 5.15. The minimum atomic E-state index is -0.186. The van der Waals surface area contributed by atoms with Crippen LogP contribution in [0.25, 0.3) is 0 Å². The lowest BCUT2D eigenvalue weighted by Gasteiger charge is -2.12. The van der Waals surface area contributed by atoms with Crippen LogP contribution in [0.15, 0.2) is 47.1 Å². The number of hydrogen-bond donors (Lipinski definition) is 1. The number of carbonyl (C=O) groups excluding carboxylic acids is 1. The van der Waals surface area contributed by atoms with Crippen LogP contribution in [0.1, 0.15) is 34.6 Å². The molecule has 2 aromatic rings. The Morgan fingerprint density at radius 3 is 2.59 bits per heavy atom. The van der Waals surface area contributed by atoms with Gasteiger partial charge in [-0.15, -0.1) is 0 Å². The lowest BCUT2D eigenvalue weighted by molar-refractivity contribution is 0.0912. The second-order valence-electron chi connectivity index (χ2n) is 4.09. The lowest BCUT2D eigenvalue weighted by Crippen LogP contribution is -2.26. The summed E-state index contributed by atoms with van der Waals surface area (Å²) in [6, 6.07) is 11.5. The largest absolute Gasteiger partial charge is 0.459 e. The first kappa shape index (κ1) is 11.5. The van der Waals surface area contributed by atoms with Crippen LogP contribution >= 0.6 is 0 Å². The molecule has 1 heterocycles. The highest BCUT2D eigenvalue weighted by molar-refractivity contribution is 5.91. The summed E-state index contributed by atoms with van der Waals surface area (Å²) in [6.45, 7) is 3.84. The van der Waals surface area contributed by atoms with Gasteiger partial charge in [-0.3, -0.25) is 4.79 Å². The number of nitrogens with one attached hydrogen (secondary N) is 1. The molecule has 0 spiro atoms. The molecule has 1 atom stereocenters. The first-order valence-corrected chi connectivity index (χ1v) is 5.58. The number of carbonyl (C=O) groups is 1. The van der Waals surface area contributed by atoms with Crippen LogP contribution < -0.4 is 5.32 Å². The molecule has 1 N–H and O–H groups in total. The van der Waals surface area contributed by atoms with E-state index in [9.17, 15) is 4.79 Å². The topological polar surface area (TPSA) is 42.2 Å². The zero-order valence-electron chi connectivity index (χ0n) is 9.94. The van der Waals surface area contributed by atoms with Crippen molar-refractivity contribution in [2.24, 2.45) is 0 Å². The fourth-order valence-electron chi connectivity index (χ4n) is 1.64. The van der Waals surface area contributed by atoms with Gasteiger partial charge in [0.15, 0.2) is 5.76 Å². The Morgan fingerprint density at radius 1 is 1.29 bits per heavy atom. The Labute approximate surface area is 100 Å². The summed E-state index contributed by atoms with van der Waals surface area (Å²) >= 11 is 0. The van der Waals surface area contributed by atoms with E-state index in [0.29, 0.717) is 5.76 Å². The van der Waals surface area contributed by atoms with Crippen molar-refractivity contribution >= 4 is 5.91 Å². The summed E-state index contributed by atoms with van der Waals surface area (Å²) in [7, 11) is 0. The number of hydrogen-bond acceptors (Lipinski definition) is 2. The van der Waals surface area contributed by atoms with E-state index in [-0.39, 0.29) is 11.9 Å². The molecular formula is C14H15NO2. The van der Waals surface area contributed by atoms with Gasteiger partial charge in [0, 0.05) is 0 Å². The molecule has 0 bridgehead atoms. The van der Waals surface area contributed by atoms with Gasteiger partial charge in [-0.05, 0) is 31.0 Å². The number of rotatable bonds is 3. The Kier molecular flexibility index (Phi) is 3.28. The van der Waals surface area contributed by atoms with E-state index < -0.39 is 0 Å². The molecule has 0 fully saturated rings. The molecule has 1 aromatic heterocycles. The average molecular weight is 229 g/mol. The van der Waals surface area contributed by atoms with Crippen molar-refractivity contribution in [1.82, 2.24) is 5.32 Å². The number of aryl methyl sites for hydroxylation is 1. The van der Waals surface area contributed by atoms with Crippen LogP contribution in [0, 0.1) is 6.92 Å². The van der Waals surface area contributed by atoms with Crippen LogP contribution in [-0.2, 0) is 0 Å². The molecule has 3 nitrogen and oxygen atoms in total. The molecule has 1 amide bonds. The maximum atomic E-state index is 11.8. The van der Waals surface area contributed by atoms with Gasteiger partial charge in [-0.1, -0.05) is 30.3 Å². The quantitative estimate of drug-likeness (QED) is 0.878.